The van der Waals surface area contributed by atoms with Crippen molar-refractivity contribution < 1.29 is 9.13 Å². The maximum Gasteiger partial charge on any atom is 0.233 e. The van der Waals surface area contributed by atoms with Gasteiger partial charge in [-0.3, -0.25) is 4.98 Å². The Bertz CT molecular complexity index is 1000. The van der Waals surface area contributed by atoms with Crippen LogP contribution in [0.3, 0.4) is 0 Å². The number of benzene rings is 2. The Morgan fingerprint density at radius 1 is 0.962 bits per heavy atom. The van der Waals surface area contributed by atoms with Crippen molar-refractivity contribution in [1.82, 2.24) is 9.97 Å². The zero-order chi connectivity index (χ0) is 17.8. The fraction of sp³-hybridized carbons (Fsp3) is 0.200. The maximum atomic E-state index is 14.5. The van der Waals surface area contributed by atoms with Crippen LogP contribution in [-0.4, -0.2) is 9.97 Å². The van der Waals surface area contributed by atoms with E-state index in [9.17, 15) is 4.39 Å². The molecule has 1 heterocycles. The summed E-state index contributed by atoms with van der Waals surface area (Å²) in [5.41, 5.74) is 3.72. The minimum absolute atomic E-state index is 0.0782. The third-order valence-corrected chi connectivity index (χ3v) is 5.62. The van der Waals surface area contributed by atoms with Gasteiger partial charge in [-0.25, -0.2) is 9.37 Å². The first kappa shape index (κ1) is 16.0. The average molecular weight is 387 g/mol. The van der Waals surface area contributed by atoms with Gasteiger partial charge in [0.05, 0.1) is 28.1 Å². The summed E-state index contributed by atoms with van der Waals surface area (Å²) in [4.78, 5) is 8.70. The van der Waals surface area contributed by atoms with Crippen molar-refractivity contribution in [2.75, 3.05) is 0 Å². The van der Waals surface area contributed by atoms with Gasteiger partial charge in [0, 0.05) is 22.6 Å². The predicted octanol–water partition coefficient (Wildman–Crippen LogP) is 5.95. The fourth-order valence-corrected chi connectivity index (χ4v) is 3.74. The van der Waals surface area contributed by atoms with Crippen LogP contribution < -0.4 is 4.74 Å². The molecule has 26 heavy (non-hydrogen) atoms. The molecule has 3 aromatic rings. The highest BCUT2D eigenvalue weighted by Crippen LogP contribution is 2.56. The maximum absolute atomic E-state index is 14.5. The molecule has 130 valence electrons. The van der Waals surface area contributed by atoms with Crippen LogP contribution in [0.25, 0.3) is 11.1 Å². The molecule has 0 bridgehead atoms. The van der Waals surface area contributed by atoms with Crippen LogP contribution in [0.2, 0.25) is 10.0 Å². The Morgan fingerprint density at radius 3 is 2.38 bits per heavy atom. The van der Waals surface area contributed by atoms with Crippen LogP contribution in [0, 0.1) is 5.82 Å². The molecule has 0 spiro atoms. The molecule has 1 unspecified atom stereocenters. The lowest BCUT2D eigenvalue weighted by molar-refractivity contribution is 0.276. The molecule has 2 aromatic carbocycles. The monoisotopic (exact) mass is 386 g/mol. The molecule has 1 atom stereocenters. The van der Waals surface area contributed by atoms with Crippen molar-refractivity contribution in [3.63, 3.8) is 0 Å². The summed E-state index contributed by atoms with van der Waals surface area (Å²) < 4.78 is 20.4. The lowest BCUT2D eigenvalue weighted by Gasteiger charge is -2.06. The second-order valence-electron chi connectivity index (χ2n) is 6.56. The fourth-order valence-electron chi connectivity index (χ4n) is 3.25. The van der Waals surface area contributed by atoms with Crippen LogP contribution in [0.15, 0.2) is 42.7 Å². The molecule has 0 saturated heterocycles. The van der Waals surface area contributed by atoms with E-state index in [0.717, 1.165) is 29.7 Å². The first-order chi connectivity index (χ1) is 12.6. The van der Waals surface area contributed by atoms with Gasteiger partial charge in [0.25, 0.3) is 0 Å². The van der Waals surface area contributed by atoms with Crippen molar-refractivity contribution in [2.24, 2.45) is 0 Å². The highest BCUT2D eigenvalue weighted by molar-refractivity contribution is 6.44. The van der Waals surface area contributed by atoms with Gasteiger partial charge in [0.15, 0.2) is 11.9 Å². The molecule has 3 nitrogen and oxygen atoms in total. The molecule has 0 aliphatic heterocycles. The van der Waals surface area contributed by atoms with Crippen molar-refractivity contribution in [3.05, 3.63) is 75.4 Å². The van der Waals surface area contributed by atoms with Crippen LogP contribution in [-0.2, 0) is 0 Å². The van der Waals surface area contributed by atoms with E-state index in [2.05, 4.69) is 9.97 Å². The van der Waals surface area contributed by atoms with Crippen LogP contribution in [0.5, 0.6) is 5.88 Å². The van der Waals surface area contributed by atoms with E-state index < -0.39 is 11.9 Å². The summed E-state index contributed by atoms with van der Waals surface area (Å²) >= 11 is 12.5. The first-order valence-corrected chi connectivity index (χ1v) is 9.15. The third-order valence-electron chi connectivity index (χ3n) is 4.79. The Hall–Kier alpha value is -2.17. The first-order valence-electron chi connectivity index (χ1n) is 8.39. The van der Waals surface area contributed by atoms with Gasteiger partial charge in [-0.05, 0) is 18.4 Å². The quantitative estimate of drug-likeness (QED) is 0.519. The third kappa shape index (κ3) is 2.56. The predicted molar refractivity (Wildman–Crippen MR) is 98.3 cm³/mol. The summed E-state index contributed by atoms with van der Waals surface area (Å²) in [5.74, 6) is 0.356. The molecule has 2 aliphatic carbocycles. The normalized spacial score (nSPS) is 17.7. The molecule has 6 heteroatoms. The van der Waals surface area contributed by atoms with Gasteiger partial charge in [0.1, 0.15) is 0 Å². The smallest absolute Gasteiger partial charge is 0.233 e. The molecule has 0 amide bonds. The number of ether oxygens (including phenoxy) is 1. The number of rotatable bonds is 4. The van der Waals surface area contributed by atoms with Crippen LogP contribution in [0.4, 0.5) is 4.39 Å². The standard InChI is InChI=1S/C20H13Cl2FN2O/c21-17-14(11-4-2-1-3-5-11)15-16(19(23)18(17)22)20(15)26-13-9-24-12(8-25-13)10-6-7-10/h1-5,8-10,20H,6-7H2. The topological polar surface area (TPSA) is 35.0 Å². The number of halogens is 3. The second-order valence-corrected chi connectivity index (χ2v) is 7.32. The molecule has 1 aromatic heterocycles. The van der Waals surface area contributed by atoms with Crippen molar-refractivity contribution in [1.29, 1.82) is 0 Å². The second kappa shape index (κ2) is 5.93. The Labute approximate surface area is 159 Å². The Kier molecular flexibility index (Phi) is 3.66. The van der Waals surface area contributed by atoms with Gasteiger partial charge in [-0.1, -0.05) is 53.5 Å². The van der Waals surface area contributed by atoms with Gasteiger partial charge in [0.2, 0.25) is 5.88 Å². The summed E-state index contributed by atoms with van der Waals surface area (Å²) in [6.07, 6.45) is 5.10. The highest BCUT2D eigenvalue weighted by Gasteiger charge is 2.45. The lowest BCUT2D eigenvalue weighted by atomic mass is 10.1. The van der Waals surface area contributed by atoms with Crippen molar-refractivity contribution in [3.8, 4) is 17.0 Å². The molecular formula is C20H13Cl2FN2O. The zero-order valence-electron chi connectivity index (χ0n) is 13.5. The van der Waals surface area contributed by atoms with E-state index >= 15 is 0 Å². The van der Waals surface area contributed by atoms with E-state index in [4.69, 9.17) is 27.9 Å². The minimum atomic E-state index is -0.545. The van der Waals surface area contributed by atoms with E-state index in [1.807, 2.05) is 30.3 Å². The number of hydrogen-bond acceptors (Lipinski definition) is 3. The SMILES string of the molecule is Fc1c(Cl)c(Cl)c(-c2ccccc2)c2c1C2Oc1cnc(C2CC2)cn1. The molecule has 5 rings (SSSR count). The zero-order valence-corrected chi connectivity index (χ0v) is 15.1. The highest BCUT2D eigenvalue weighted by atomic mass is 35.5. The number of nitrogens with zero attached hydrogens (tertiary/aromatic N) is 2. The average Bonchev–Trinajstić information content (AvgIpc) is 3.58. The van der Waals surface area contributed by atoms with Gasteiger partial charge < -0.3 is 4.74 Å². The summed E-state index contributed by atoms with van der Waals surface area (Å²) in [7, 11) is 0. The Balaban J connectivity index is 1.50. The van der Waals surface area contributed by atoms with Crippen molar-refractivity contribution in [2.45, 2.75) is 24.9 Å². The summed E-state index contributed by atoms with van der Waals surface area (Å²) in [6, 6.07) is 9.53. The van der Waals surface area contributed by atoms with E-state index in [-0.39, 0.29) is 10.0 Å². The van der Waals surface area contributed by atoms with E-state index in [0.29, 0.717) is 22.9 Å². The number of aromatic nitrogens is 2. The summed E-state index contributed by atoms with van der Waals surface area (Å²) in [5, 5.41) is 0.126. The van der Waals surface area contributed by atoms with Crippen LogP contribution in [0.1, 0.15) is 41.7 Å². The van der Waals surface area contributed by atoms with E-state index in [1.54, 1.807) is 12.4 Å². The molecule has 0 N–H and O–H groups in total. The molecular weight excluding hydrogens is 374 g/mol. The largest absolute Gasteiger partial charge is 0.463 e. The minimum Gasteiger partial charge on any atom is -0.463 e. The number of hydrogen-bond donors (Lipinski definition) is 0. The molecule has 1 fully saturated rings. The van der Waals surface area contributed by atoms with Gasteiger partial charge in [-0.2, -0.15) is 0 Å². The Morgan fingerprint density at radius 2 is 1.73 bits per heavy atom. The lowest BCUT2D eigenvalue weighted by Crippen LogP contribution is -1.97. The summed E-state index contributed by atoms with van der Waals surface area (Å²) in [6.45, 7) is 0. The van der Waals surface area contributed by atoms with Gasteiger partial charge >= 0.3 is 0 Å². The van der Waals surface area contributed by atoms with Gasteiger partial charge in [-0.15, -0.1) is 0 Å². The molecule has 0 radical (unpaired) electrons. The van der Waals surface area contributed by atoms with Crippen molar-refractivity contribution >= 4 is 23.2 Å². The van der Waals surface area contributed by atoms with E-state index in [1.165, 1.54) is 0 Å². The molecule has 2 aliphatic rings. The molecule has 1 saturated carbocycles. The van der Waals surface area contributed by atoms with Crippen LogP contribution >= 0.6 is 23.2 Å². The number of fused-ring (bicyclic) bond motifs is 1.